The summed E-state index contributed by atoms with van der Waals surface area (Å²) in [4.78, 5) is 0.644. The maximum atomic E-state index is 5.89. The molecule has 0 aromatic heterocycles. The van der Waals surface area contributed by atoms with Gasteiger partial charge in [0.25, 0.3) is 0 Å². The number of benzene rings is 2. The molecule has 3 heteroatoms. The number of rotatable bonds is 10. The van der Waals surface area contributed by atoms with Crippen LogP contribution in [0, 0.1) is 5.92 Å². The van der Waals surface area contributed by atoms with Gasteiger partial charge in [0, 0.05) is 4.83 Å². The van der Waals surface area contributed by atoms with Crippen molar-refractivity contribution in [3.05, 3.63) is 36.4 Å². The lowest BCUT2D eigenvalue weighted by atomic mass is 10.1. The van der Waals surface area contributed by atoms with E-state index in [4.69, 9.17) is 9.47 Å². The van der Waals surface area contributed by atoms with Crippen LogP contribution in [0.15, 0.2) is 36.4 Å². The topological polar surface area (TPSA) is 18.5 Å². The fourth-order valence-electron chi connectivity index (χ4n) is 2.51. The Kier molecular flexibility index (Phi) is 7.90. The maximum Gasteiger partial charge on any atom is 0.119 e. The molecule has 2 rings (SSSR count). The summed E-state index contributed by atoms with van der Waals surface area (Å²) in [6, 6.07) is 12.5. The Balaban J connectivity index is 1.86. The molecule has 1 unspecified atom stereocenters. The van der Waals surface area contributed by atoms with E-state index in [1.165, 1.54) is 30.0 Å². The number of unbranched alkanes of at least 4 members (excludes halogenated alkanes) is 1. The van der Waals surface area contributed by atoms with Gasteiger partial charge >= 0.3 is 0 Å². The van der Waals surface area contributed by atoms with Gasteiger partial charge in [0.2, 0.25) is 0 Å². The number of alkyl halides is 1. The second-order valence-corrected chi connectivity index (χ2v) is 8.02. The molecule has 0 heterocycles. The summed E-state index contributed by atoms with van der Waals surface area (Å²) in [5.74, 6) is 2.42. The summed E-state index contributed by atoms with van der Waals surface area (Å²) < 4.78 is 11.7. The summed E-state index contributed by atoms with van der Waals surface area (Å²) in [6.45, 7) is 8.06. The third-order valence-electron chi connectivity index (χ3n) is 3.99. The SMILES string of the molecule is CCC(Br)CCCCOc1ccc2cc(OCC(C)C)ccc2c1. The number of ether oxygens (including phenoxy) is 2. The minimum Gasteiger partial charge on any atom is -0.494 e. The summed E-state index contributed by atoms with van der Waals surface area (Å²) in [6.07, 6.45) is 4.71. The van der Waals surface area contributed by atoms with Crippen LogP contribution in [0.2, 0.25) is 0 Å². The Morgan fingerprint density at radius 1 is 0.917 bits per heavy atom. The van der Waals surface area contributed by atoms with Crippen molar-refractivity contribution in [1.82, 2.24) is 0 Å². The van der Waals surface area contributed by atoms with Crippen molar-refractivity contribution in [3.8, 4) is 11.5 Å². The van der Waals surface area contributed by atoms with Gasteiger partial charge in [-0.2, -0.15) is 0 Å². The molecular weight excluding hydrogens is 364 g/mol. The predicted molar refractivity (Wildman–Crippen MR) is 107 cm³/mol. The zero-order chi connectivity index (χ0) is 17.4. The Bertz CT molecular complexity index is 624. The molecule has 0 spiro atoms. The third kappa shape index (κ3) is 6.35. The fraction of sp³-hybridized carbons (Fsp3) is 0.524. The highest BCUT2D eigenvalue weighted by Crippen LogP contribution is 2.25. The molecule has 0 bridgehead atoms. The Labute approximate surface area is 154 Å². The summed E-state index contributed by atoms with van der Waals surface area (Å²) >= 11 is 3.67. The molecule has 0 aliphatic carbocycles. The molecule has 0 saturated heterocycles. The molecule has 2 aromatic carbocycles. The van der Waals surface area contributed by atoms with E-state index in [1.54, 1.807) is 0 Å². The quantitative estimate of drug-likeness (QED) is 0.335. The van der Waals surface area contributed by atoms with Gasteiger partial charge in [-0.15, -0.1) is 0 Å². The van der Waals surface area contributed by atoms with Crippen LogP contribution in [-0.2, 0) is 0 Å². The summed E-state index contributed by atoms with van der Waals surface area (Å²) in [5, 5.41) is 2.38. The van der Waals surface area contributed by atoms with Crippen LogP contribution < -0.4 is 9.47 Å². The van der Waals surface area contributed by atoms with Crippen molar-refractivity contribution in [3.63, 3.8) is 0 Å². The van der Waals surface area contributed by atoms with Crippen LogP contribution in [0.5, 0.6) is 11.5 Å². The van der Waals surface area contributed by atoms with Crippen LogP contribution in [0.3, 0.4) is 0 Å². The molecule has 0 N–H and O–H groups in total. The highest BCUT2D eigenvalue weighted by Gasteiger charge is 2.03. The van der Waals surface area contributed by atoms with E-state index in [-0.39, 0.29) is 0 Å². The second kappa shape index (κ2) is 9.93. The van der Waals surface area contributed by atoms with Crippen LogP contribution in [0.4, 0.5) is 0 Å². The largest absolute Gasteiger partial charge is 0.494 e. The van der Waals surface area contributed by atoms with Crippen molar-refractivity contribution >= 4 is 26.7 Å². The highest BCUT2D eigenvalue weighted by molar-refractivity contribution is 9.09. The Morgan fingerprint density at radius 3 is 2.12 bits per heavy atom. The van der Waals surface area contributed by atoms with Gasteiger partial charge in [-0.25, -0.2) is 0 Å². The van der Waals surface area contributed by atoms with Crippen molar-refractivity contribution in [2.24, 2.45) is 5.92 Å². The first-order valence-corrected chi connectivity index (χ1v) is 9.93. The van der Waals surface area contributed by atoms with Gasteiger partial charge in [-0.3, -0.25) is 0 Å². The minimum absolute atomic E-state index is 0.536. The van der Waals surface area contributed by atoms with Crippen molar-refractivity contribution in [2.75, 3.05) is 13.2 Å². The van der Waals surface area contributed by atoms with E-state index in [0.29, 0.717) is 10.7 Å². The second-order valence-electron chi connectivity index (χ2n) is 6.73. The number of hydrogen-bond donors (Lipinski definition) is 0. The summed E-state index contributed by atoms with van der Waals surface area (Å²) in [7, 11) is 0. The molecule has 0 radical (unpaired) electrons. The Hall–Kier alpha value is -1.22. The van der Waals surface area contributed by atoms with Crippen molar-refractivity contribution in [1.29, 1.82) is 0 Å². The van der Waals surface area contributed by atoms with Gasteiger partial charge in [0.05, 0.1) is 13.2 Å². The first-order valence-electron chi connectivity index (χ1n) is 9.02. The van der Waals surface area contributed by atoms with E-state index in [1.807, 2.05) is 12.1 Å². The van der Waals surface area contributed by atoms with E-state index >= 15 is 0 Å². The van der Waals surface area contributed by atoms with E-state index in [2.05, 4.69) is 61.0 Å². The predicted octanol–water partition coefficient (Wildman–Crippen LogP) is 6.60. The molecule has 132 valence electrons. The van der Waals surface area contributed by atoms with Crippen LogP contribution in [0.1, 0.15) is 46.5 Å². The van der Waals surface area contributed by atoms with Crippen molar-refractivity contribution in [2.45, 2.75) is 51.3 Å². The van der Waals surface area contributed by atoms with Gasteiger partial charge in [-0.05, 0) is 66.6 Å². The van der Waals surface area contributed by atoms with E-state index in [0.717, 1.165) is 31.1 Å². The molecule has 1 atom stereocenters. The molecule has 0 saturated carbocycles. The Morgan fingerprint density at radius 2 is 1.54 bits per heavy atom. The molecular formula is C21H29BrO2. The van der Waals surface area contributed by atoms with E-state index in [9.17, 15) is 0 Å². The van der Waals surface area contributed by atoms with Gasteiger partial charge in [-0.1, -0.05) is 48.8 Å². The summed E-state index contributed by atoms with van der Waals surface area (Å²) in [5.41, 5.74) is 0. The lowest BCUT2D eigenvalue weighted by Gasteiger charge is -2.11. The zero-order valence-electron chi connectivity index (χ0n) is 15.1. The smallest absolute Gasteiger partial charge is 0.119 e. The van der Waals surface area contributed by atoms with Gasteiger partial charge in [0.1, 0.15) is 11.5 Å². The van der Waals surface area contributed by atoms with Gasteiger partial charge < -0.3 is 9.47 Å². The van der Waals surface area contributed by atoms with Crippen molar-refractivity contribution < 1.29 is 9.47 Å². The molecule has 24 heavy (non-hydrogen) atoms. The number of halogens is 1. The number of hydrogen-bond acceptors (Lipinski definition) is 2. The lowest BCUT2D eigenvalue weighted by Crippen LogP contribution is -2.04. The first-order chi connectivity index (χ1) is 11.6. The zero-order valence-corrected chi connectivity index (χ0v) is 16.6. The maximum absolute atomic E-state index is 5.89. The highest BCUT2D eigenvalue weighted by atomic mass is 79.9. The normalized spacial score (nSPS) is 12.5. The molecule has 0 fully saturated rings. The molecule has 0 aliphatic heterocycles. The first kappa shape index (κ1) is 19.1. The standard InChI is InChI=1S/C21H29BrO2/c1-4-19(22)7-5-6-12-23-20-10-8-18-14-21(24-15-16(2)3)11-9-17(18)13-20/h8-11,13-14,16,19H,4-7,12,15H2,1-3H3. The van der Waals surface area contributed by atoms with Crippen LogP contribution >= 0.6 is 15.9 Å². The third-order valence-corrected chi connectivity index (χ3v) is 5.10. The van der Waals surface area contributed by atoms with Gasteiger partial charge in [0.15, 0.2) is 0 Å². The lowest BCUT2D eigenvalue weighted by molar-refractivity contribution is 0.271. The van der Waals surface area contributed by atoms with E-state index < -0.39 is 0 Å². The monoisotopic (exact) mass is 392 g/mol. The van der Waals surface area contributed by atoms with Crippen LogP contribution in [0.25, 0.3) is 10.8 Å². The molecule has 2 nitrogen and oxygen atoms in total. The average Bonchev–Trinajstić information content (AvgIpc) is 2.59. The average molecular weight is 393 g/mol. The molecule has 0 amide bonds. The van der Waals surface area contributed by atoms with Crippen LogP contribution in [-0.4, -0.2) is 18.0 Å². The fourth-order valence-corrected chi connectivity index (χ4v) is 2.83. The molecule has 2 aromatic rings. The minimum atomic E-state index is 0.536. The molecule has 0 aliphatic rings. The number of fused-ring (bicyclic) bond motifs is 1.